The van der Waals surface area contributed by atoms with Gasteiger partial charge in [-0.2, -0.15) is 5.10 Å². The molecular formula is C22H35N5O3. The average molecular weight is 418 g/mol. The number of aromatic nitrogens is 2. The number of hydrogen-bond acceptors (Lipinski definition) is 5. The summed E-state index contributed by atoms with van der Waals surface area (Å²) in [6, 6.07) is 2.04. The molecule has 3 heterocycles. The number of aliphatic hydroxyl groups is 1. The minimum Gasteiger partial charge on any atom is -0.392 e. The highest BCUT2D eigenvalue weighted by molar-refractivity contribution is 5.92. The zero-order valence-corrected chi connectivity index (χ0v) is 18.0. The van der Waals surface area contributed by atoms with Crippen LogP contribution < -0.4 is 5.32 Å². The number of amides is 2. The molecule has 1 aliphatic carbocycles. The Morgan fingerprint density at radius 1 is 1.17 bits per heavy atom. The van der Waals surface area contributed by atoms with Crippen LogP contribution in [-0.4, -0.2) is 80.4 Å². The van der Waals surface area contributed by atoms with Crippen LogP contribution in [-0.2, 0) is 11.3 Å². The fourth-order valence-corrected chi connectivity index (χ4v) is 5.37. The molecule has 1 aromatic heterocycles. The van der Waals surface area contributed by atoms with E-state index in [1.165, 1.54) is 19.3 Å². The second kappa shape index (κ2) is 9.47. The van der Waals surface area contributed by atoms with Crippen LogP contribution in [0, 0.1) is 0 Å². The molecule has 8 nitrogen and oxygen atoms in total. The van der Waals surface area contributed by atoms with E-state index in [9.17, 15) is 14.7 Å². The molecule has 2 N–H and O–H groups in total. The number of nitrogens with zero attached hydrogens (tertiary/aromatic N) is 4. The van der Waals surface area contributed by atoms with Crippen molar-refractivity contribution in [2.45, 2.75) is 89.1 Å². The standard InChI is InChI=1S/C22H35N5O3/c1-2-27-19(8-11-23-27)22(30)25-12-9-17(10-13-25)26-15-18(28)14-20(26)21(29)24-16-6-4-3-5-7-16/h8,11,16-18,20,28H,2-7,9-10,12-15H2,1H3,(H,24,29)/t18-,20+/m1/s1. The van der Waals surface area contributed by atoms with Crippen LogP contribution in [0.3, 0.4) is 0 Å². The fraction of sp³-hybridized carbons (Fsp3) is 0.773. The molecule has 2 aliphatic heterocycles. The molecule has 0 unspecified atom stereocenters. The lowest BCUT2D eigenvalue weighted by Crippen LogP contribution is -2.53. The van der Waals surface area contributed by atoms with Crippen LogP contribution in [0.15, 0.2) is 12.3 Å². The third-order valence-electron chi connectivity index (χ3n) is 7.03. The second-order valence-corrected chi connectivity index (χ2v) is 9.00. The summed E-state index contributed by atoms with van der Waals surface area (Å²) in [6.45, 7) is 4.54. The van der Waals surface area contributed by atoms with Crippen molar-refractivity contribution in [3.05, 3.63) is 18.0 Å². The molecule has 166 valence electrons. The van der Waals surface area contributed by atoms with Crippen molar-refractivity contribution in [2.24, 2.45) is 0 Å². The number of carbonyl (C=O) groups excluding carboxylic acids is 2. The number of likely N-dealkylation sites (tertiary alicyclic amines) is 2. The van der Waals surface area contributed by atoms with E-state index in [1.807, 2.05) is 11.8 Å². The lowest BCUT2D eigenvalue weighted by molar-refractivity contribution is -0.127. The number of carbonyl (C=O) groups is 2. The van der Waals surface area contributed by atoms with Gasteiger partial charge in [-0.05, 0) is 45.1 Å². The molecule has 0 radical (unpaired) electrons. The van der Waals surface area contributed by atoms with Crippen LogP contribution in [0.4, 0.5) is 0 Å². The van der Waals surface area contributed by atoms with Crippen LogP contribution >= 0.6 is 0 Å². The topological polar surface area (TPSA) is 90.7 Å². The van der Waals surface area contributed by atoms with E-state index in [1.54, 1.807) is 16.9 Å². The average Bonchev–Trinajstić information content (AvgIpc) is 3.40. The molecule has 3 fully saturated rings. The van der Waals surface area contributed by atoms with Gasteiger partial charge in [0.05, 0.1) is 12.1 Å². The van der Waals surface area contributed by atoms with Gasteiger partial charge in [-0.15, -0.1) is 0 Å². The number of rotatable bonds is 5. The van der Waals surface area contributed by atoms with Gasteiger partial charge in [0, 0.05) is 44.5 Å². The van der Waals surface area contributed by atoms with Crippen LogP contribution in [0.25, 0.3) is 0 Å². The number of β-amino-alcohol motifs (C(OH)–C–C–N with tert-alkyl or cyclic N) is 1. The molecule has 0 bridgehead atoms. The first-order valence-electron chi connectivity index (χ1n) is 11.6. The fourth-order valence-electron chi connectivity index (χ4n) is 5.37. The third-order valence-corrected chi connectivity index (χ3v) is 7.03. The van der Waals surface area contributed by atoms with E-state index in [2.05, 4.69) is 15.3 Å². The third kappa shape index (κ3) is 4.54. The summed E-state index contributed by atoms with van der Waals surface area (Å²) >= 11 is 0. The smallest absolute Gasteiger partial charge is 0.272 e. The molecule has 4 rings (SSSR count). The molecule has 2 saturated heterocycles. The van der Waals surface area contributed by atoms with Gasteiger partial charge in [-0.25, -0.2) is 0 Å². The summed E-state index contributed by atoms with van der Waals surface area (Å²) < 4.78 is 1.73. The number of hydrogen-bond donors (Lipinski definition) is 2. The largest absolute Gasteiger partial charge is 0.392 e. The van der Waals surface area contributed by atoms with Gasteiger partial charge in [-0.3, -0.25) is 19.2 Å². The van der Waals surface area contributed by atoms with E-state index in [4.69, 9.17) is 0 Å². The van der Waals surface area contributed by atoms with Crippen molar-refractivity contribution in [3.8, 4) is 0 Å². The normalized spacial score (nSPS) is 26.8. The number of aliphatic hydroxyl groups excluding tert-OH is 1. The first kappa shape index (κ1) is 21.3. The first-order valence-corrected chi connectivity index (χ1v) is 11.6. The van der Waals surface area contributed by atoms with E-state index in [0.717, 1.165) is 25.7 Å². The maximum atomic E-state index is 13.0. The highest BCUT2D eigenvalue weighted by Crippen LogP contribution is 2.28. The maximum Gasteiger partial charge on any atom is 0.272 e. The molecular weight excluding hydrogens is 382 g/mol. The molecule has 0 spiro atoms. The highest BCUT2D eigenvalue weighted by Gasteiger charge is 2.41. The second-order valence-electron chi connectivity index (χ2n) is 9.00. The van der Waals surface area contributed by atoms with Crippen molar-refractivity contribution < 1.29 is 14.7 Å². The molecule has 1 saturated carbocycles. The van der Waals surface area contributed by atoms with E-state index in [-0.39, 0.29) is 29.9 Å². The summed E-state index contributed by atoms with van der Waals surface area (Å²) in [7, 11) is 0. The van der Waals surface area contributed by atoms with Gasteiger partial charge in [0.2, 0.25) is 5.91 Å². The summed E-state index contributed by atoms with van der Waals surface area (Å²) in [4.78, 5) is 29.9. The molecule has 8 heteroatoms. The number of aryl methyl sites for hydroxylation is 1. The van der Waals surface area contributed by atoms with Crippen LogP contribution in [0.5, 0.6) is 0 Å². The van der Waals surface area contributed by atoms with Crippen molar-refractivity contribution in [3.63, 3.8) is 0 Å². The van der Waals surface area contributed by atoms with Crippen molar-refractivity contribution in [2.75, 3.05) is 19.6 Å². The molecule has 1 aromatic rings. The van der Waals surface area contributed by atoms with Gasteiger partial charge in [0.15, 0.2) is 0 Å². The minimum absolute atomic E-state index is 0.0286. The SMILES string of the molecule is CCn1nccc1C(=O)N1CCC(N2C[C@H](O)C[C@H]2C(=O)NC2CCCCC2)CC1. The lowest BCUT2D eigenvalue weighted by Gasteiger charge is -2.39. The number of piperidine rings is 1. The van der Waals surface area contributed by atoms with Gasteiger partial charge >= 0.3 is 0 Å². The summed E-state index contributed by atoms with van der Waals surface area (Å²) in [5.41, 5.74) is 0.636. The van der Waals surface area contributed by atoms with Gasteiger partial charge in [-0.1, -0.05) is 19.3 Å². The Hall–Kier alpha value is -1.93. The Morgan fingerprint density at radius 2 is 1.90 bits per heavy atom. The zero-order chi connectivity index (χ0) is 21.1. The van der Waals surface area contributed by atoms with E-state index < -0.39 is 6.10 Å². The minimum atomic E-state index is -0.453. The molecule has 3 aliphatic rings. The van der Waals surface area contributed by atoms with E-state index >= 15 is 0 Å². The van der Waals surface area contributed by atoms with Gasteiger partial charge < -0.3 is 15.3 Å². The maximum absolute atomic E-state index is 13.0. The van der Waals surface area contributed by atoms with Crippen molar-refractivity contribution in [1.82, 2.24) is 24.9 Å². The predicted octanol–water partition coefficient (Wildman–Crippen LogP) is 1.39. The Labute approximate surface area is 178 Å². The quantitative estimate of drug-likeness (QED) is 0.756. The van der Waals surface area contributed by atoms with E-state index in [0.29, 0.717) is 38.3 Å². The molecule has 30 heavy (non-hydrogen) atoms. The number of nitrogens with one attached hydrogen (secondary N) is 1. The van der Waals surface area contributed by atoms with Gasteiger partial charge in [0.25, 0.3) is 5.91 Å². The first-order chi connectivity index (χ1) is 14.6. The molecule has 2 amide bonds. The highest BCUT2D eigenvalue weighted by atomic mass is 16.3. The predicted molar refractivity (Wildman–Crippen MR) is 113 cm³/mol. The Bertz CT molecular complexity index is 737. The van der Waals surface area contributed by atoms with Crippen LogP contribution in [0.1, 0.15) is 68.8 Å². The Morgan fingerprint density at radius 3 is 2.60 bits per heavy atom. The zero-order valence-electron chi connectivity index (χ0n) is 18.0. The molecule has 0 aromatic carbocycles. The molecule has 2 atom stereocenters. The Balaban J connectivity index is 1.34. The lowest BCUT2D eigenvalue weighted by atomic mass is 9.95. The van der Waals surface area contributed by atoms with Crippen LogP contribution in [0.2, 0.25) is 0 Å². The Kier molecular flexibility index (Phi) is 6.73. The summed E-state index contributed by atoms with van der Waals surface area (Å²) in [5.74, 6) is 0.102. The van der Waals surface area contributed by atoms with Crippen molar-refractivity contribution >= 4 is 11.8 Å². The van der Waals surface area contributed by atoms with Gasteiger partial charge in [0.1, 0.15) is 5.69 Å². The van der Waals surface area contributed by atoms with Crippen molar-refractivity contribution in [1.29, 1.82) is 0 Å². The summed E-state index contributed by atoms with van der Waals surface area (Å²) in [6.07, 6.45) is 9.14. The monoisotopic (exact) mass is 417 g/mol. The summed E-state index contributed by atoms with van der Waals surface area (Å²) in [5, 5.41) is 17.7.